The number of carbonyl (C=O) groups excluding carboxylic acids is 2. The second kappa shape index (κ2) is 6.21. The molecule has 8 heteroatoms. The zero-order chi connectivity index (χ0) is 15.4. The number of amides is 2. The highest BCUT2D eigenvalue weighted by molar-refractivity contribution is 5.94. The van der Waals surface area contributed by atoms with Gasteiger partial charge in [0.25, 0.3) is 5.69 Å². The lowest BCUT2D eigenvalue weighted by Gasteiger charge is -2.16. The summed E-state index contributed by atoms with van der Waals surface area (Å²) in [5.41, 5.74) is 5.06. The Bertz CT molecular complexity index is 582. The molecule has 21 heavy (non-hydrogen) atoms. The van der Waals surface area contributed by atoms with E-state index in [2.05, 4.69) is 5.32 Å². The van der Waals surface area contributed by atoms with Crippen molar-refractivity contribution in [2.24, 2.45) is 5.73 Å². The minimum absolute atomic E-state index is 0.0171. The summed E-state index contributed by atoms with van der Waals surface area (Å²) in [4.78, 5) is 35.1. The van der Waals surface area contributed by atoms with Crippen LogP contribution in [-0.2, 0) is 4.79 Å². The summed E-state index contributed by atoms with van der Waals surface area (Å²) in [5.74, 6) is -0.835. The zero-order valence-electron chi connectivity index (χ0n) is 11.4. The Labute approximate surface area is 121 Å². The smallest absolute Gasteiger partial charge is 0.293 e. The molecule has 0 bridgehead atoms. The Balaban J connectivity index is 2.10. The van der Waals surface area contributed by atoms with Gasteiger partial charge in [-0.05, 0) is 25.0 Å². The number of nitro benzene ring substituents is 1. The van der Waals surface area contributed by atoms with Crippen LogP contribution in [0.1, 0.15) is 23.2 Å². The Kier molecular flexibility index (Phi) is 4.36. The van der Waals surface area contributed by atoms with Gasteiger partial charge in [0.1, 0.15) is 5.69 Å². The fourth-order valence-electron chi connectivity index (χ4n) is 2.23. The molecule has 0 aliphatic carbocycles. The molecule has 0 aromatic heterocycles. The molecule has 0 saturated carbocycles. The van der Waals surface area contributed by atoms with E-state index < -0.39 is 10.8 Å². The molecule has 1 heterocycles. The van der Waals surface area contributed by atoms with Gasteiger partial charge >= 0.3 is 0 Å². The molecule has 1 aliphatic rings. The molecule has 1 fully saturated rings. The van der Waals surface area contributed by atoms with Crippen LogP contribution >= 0.6 is 0 Å². The number of hydrogen-bond acceptors (Lipinski definition) is 5. The number of primary amides is 1. The Morgan fingerprint density at radius 3 is 2.57 bits per heavy atom. The van der Waals surface area contributed by atoms with Crippen LogP contribution in [0.4, 0.5) is 11.4 Å². The van der Waals surface area contributed by atoms with Crippen LogP contribution in [-0.4, -0.2) is 41.3 Å². The maximum Gasteiger partial charge on any atom is 0.293 e. The quantitative estimate of drug-likeness (QED) is 0.612. The third-order valence-electron chi connectivity index (χ3n) is 3.37. The zero-order valence-corrected chi connectivity index (χ0v) is 11.4. The predicted octanol–water partition coefficient (Wildman–Crippen LogP) is 0.728. The number of anilines is 1. The van der Waals surface area contributed by atoms with Crippen LogP contribution in [0.2, 0.25) is 0 Å². The molecular weight excluding hydrogens is 276 g/mol. The summed E-state index contributed by atoms with van der Waals surface area (Å²) >= 11 is 0. The van der Waals surface area contributed by atoms with Crippen molar-refractivity contribution in [3.63, 3.8) is 0 Å². The highest BCUT2D eigenvalue weighted by atomic mass is 16.6. The van der Waals surface area contributed by atoms with E-state index >= 15 is 0 Å². The largest absolute Gasteiger partial charge is 0.371 e. The van der Waals surface area contributed by atoms with E-state index in [9.17, 15) is 19.7 Å². The van der Waals surface area contributed by atoms with Gasteiger partial charge < -0.3 is 16.0 Å². The molecule has 2 amide bonds. The normalized spacial score (nSPS) is 14.0. The van der Waals surface area contributed by atoms with Gasteiger partial charge in [0.15, 0.2) is 0 Å². The Hall–Kier alpha value is -2.64. The van der Waals surface area contributed by atoms with E-state index in [1.807, 2.05) is 0 Å². The van der Waals surface area contributed by atoms with Gasteiger partial charge in [-0.2, -0.15) is 0 Å². The molecule has 3 N–H and O–H groups in total. The summed E-state index contributed by atoms with van der Waals surface area (Å²) in [7, 11) is 0. The predicted molar refractivity (Wildman–Crippen MR) is 75.9 cm³/mol. The SMILES string of the molecule is NC(=O)c1ccc(NCC(=O)N2CCCC2)c([N+](=O)[O-])c1. The molecule has 1 aromatic carbocycles. The van der Waals surface area contributed by atoms with Crippen LogP contribution in [0.3, 0.4) is 0 Å². The Morgan fingerprint density at radius 2 is 2.00 bits per heavy atom. The number of nitrogens with two attached hydrogens (primary N) is 1. The molecule has 1 saturated heterocycles. The molecule has 0 unspecified atom stereocenters. The minimum Gasteiger partial charge on any atom is -0.371 e. The van der Waals surface area contributed by atoms with Crippen molar-refractivity contribution in [3.8, 4) is 0 Å². The molecule has 8 nitrogen and oxygen atoms in total. The number of likely N-dealkylation sites (tertiary alicyclic amines) is 1. The maximum atomic E-state index is 11.9. The van der Waals surface area contributed by atoms with E-state index in [1.165, 1.54) is 12.1 Å². The van der Waals surface area contributed by atoms with Crippen molar-refractivity contribution in [2.45, 2.75) is 12.8 Å². The van der Waals surface area contributed by atoms with Crippen molar-refractivity contribution in [1.82, 2.24) is 4.90 Å². The molecule has 0 atom stereocenters. The van der Waals surface area contributed by atoms with Crippen molar-refractivity contribution in [1.29, 1.82) is 0 Å². The van der Waals surface area contributed by atoms with Gasteiger partial charge in [0.2, 0.25) is 11.8 Å². The highest BCUT2D eigenvalue weighted by Crippen LogP contribution is 2.25. The number of carbonyl (C=O) groups is 2. The molecule has 0 radical (unpaired) electrons. The first-order valence-corrected chi connectivity index (χ1v) is 6.59. The lowest BCUT2D eigenvalue weighted by atomic mass is 10.1. The molecule has 0 spiro atoms. The second-order valence-corrected chi connectivity index (χ2v) is 4.79. The first-order valence-electron chi connectivity index (χ1n) is 6.59. The van der Waals surface area contributed by atoms with E-state index in [4.69, 9.17) is 5.73 Å². The van der Waals surface area contributed by atoms with Gasteiger partial charge in [-0.25, -0.2) is 0 Å². The van der Waals surface area contributed by atoms with Crippen LogP contribution in [0, 0.1) is 10.1 Å². The van der Waals surface area contributed by atoms with Gasteiger partial charge in [-0.1, -0.05) is 0 Å². The number of nitrogens with zero attached hydrogens (tertiary/aromatic N) is 2. The maximum absolute atomic E-state index is 11.9. The van der Waals surface area contributed by atoms with Gasteiger partial charge in [0.05, 0.1) is 11.5 Å². The highest BCUT2D eigenvalue weighted by Gasteiger charge is 2.20. The molecule has 1 aliphatic heterocycles. The van der Waals surface area contributed by atoms with Crippen molar-refractivity contribution < 1.29 is 14.5 Å². The van der Waals surface area contributed by atoms with Gasteiger partial charge in [0, 0.05) is 24.7 Å². The fraction of sp³-hybridized carbons (Fsp3) is 0.385. The number of nitrogens with one attached hydrogen (secondary N) is 1. The fourth-order valence-corrected chi connectivity index (χ4v) is 2.23. The summed E-state index contributed by atoms with van der Waals surface area (Å²) in [6.45, 7) is 1.43. The van der Waals surface area contributed by atoms with Crippen molar-refractivity contribution in [2.75, 3.05) is 25.0 Å². The molecular formula is C13H16N4O4. The lowest BCUT2D eigenvalue weighted by molar-refractivity contribution is -0.384. The average Bonchev–Trinajstić information content (AvgIpc) is 2.98. The number of nitro groups is 1. The van der Waals surface area contributed by atoms with Crippen molar-refractivity contribution in [3.05, 3.63) is 33.9 Å². The number of benzene rings is 1. The van der Waals surface area contributed by atoms with E-state index in [-0.39, 0.29) is 29.4 Å². The van der Waals surface area contributed by atoms with Gasteiger partial charge in [-0.3, -0.25) is 19.7 Å². The summed E-state index contributed by atoms with van der Waals surface area (Å²) in [6.07, 6.45) is 1.97. The van der Waals surface area contributed by atoms with E-state index in [0.717, 1.165) is 32.0 Å². The number of hydrogen-bond donors (Lipinski definition) is 2. The minimum atomic E-state index is -0.738. The monoisotopic (exact) mass is 292 g/mol. The standard InChI is InChI=1S/C13H16N4O4/c14-13(19)9-3-4-10(11(7-9)17(20)21)15-8-12(18)16-5-1-2-6-16/h3-4,7,15H,1-2,5-6,8H2,(H2,14,19). The van der Waals surface area contributed by atoms with Crippen LogP contribution in [0.25, 0.3) is 0 Å². The average molecular weight is 292 g/mol. The second-order valence-electron chi connectivity index (χ2n) is 4.79. The summed E-state index contributed by atoms with van der Waals surface area (Å²) < 4.78 is 0. The van der Waals surface area contributed by atoms with Crippen molar-refractivity contribution >= 4 is 23.2 Å². The third-order valence-corrected chi connectivity index (χ3v) is 3.37. The summed E-state index contributed by atoms with van der Waals surface area (Å²) in [6, 6.07) is 3.87. The molecule has 2 rings (SSSR count). The first-order chi connectivity index (χ1) is 9.99. The first kappa shape index (κ1) is 14.8. The topological polar surface area (TPSA) is 119 Å². The van der Waals surface area contributed by atoms with E-state index in [1.54, 1.807) is 4.90 Å². The van der Waals surface area contributed by atoms with Crippen LogP contribution < -0.4 is 11.1 Å². The van der Waals surface area contributed by atoms with E-state index in [0.29, 0.717) is 0 Å². The lowest BCUT2D eigenvalue weighted by Crippen LogP contribution is -2.33. The number of rotatable bonds is 5. The molecule has 1 aromatic rings. The third kappa shape index (κ3) is 3.47. The summed E-state index contributed by atoms with van der Waals surface area (Å²) in [5, 5.41) is 13.8. The van der Waals surface area contributed by atoms with Crippen LogP contribution in [0.5, 0.6) is 0 Å². The van der Waals surface area contributed by atoms with Crippen LogP contribution in [0.15, 0.2) is 18.2 Å². The Morgan fingerprint density at radius 1 is 1.33 bits per heavy atom. The van der Waals surface area contributed by atoms with Gasteiger partial charge in [-0.15, -0.1) is 0 Å². The molecule has 112 valence electrons.